The van der Waals surface area contributed by atoms with Crippen molar-refractivity contribution < 1.29 is 4.42 Å². The van der Waals surface area contributed by atoms with Gasteiger partial charge in [0.05, 0.1) is 11.0 Å². The Morgan fingerprint density at radius 1 is 1.16 bits per heavy atom. The van der Waals surface area contributed by atoms with Crippen LogP contribution in [-0.4, -0.2) is 0 Å². The molecule has 0 aliphatic carbocycles. The van der Waals surface area contributed by atoms with Gasteiger partial charge >= 0.3 is 0 Å². The first-order valence-corrected chi connectivity index (χ1v) is 7.03. The summed E-state index contributed by atoms with van der Waals surface area (Å²) >= 11 is 9.61. The predicted octanol–water partition coefficient (Wildman–Crippen LogP) is 4.97. The summed E-state index contributed by atoms with van der Waals surface area (Å²) in [4.78, 5) is 0. The molecule has 2 aromatic carbocycles. The lowest BCUT2D eigenvalue weighted by atomic mass is 10.0. The van der Waals surface area contributed by atoms with E-state index in [2.05, 4.69) is 15.9 Å². The van der Waals surface area contributed by atoms with E-state index in [1.165, 1.54) is 0 Å². The molecule has 2 nitrogen and oxygen atoms in total. The SMILES string of the molecule is NCc1oc2c(Br)cc(Cl)cc2c1-c1ccccc1. The highest BCUT2D eigenvalue weighted by molar-refractivity contribution is 9.10. The molecule has 0 bridgehead atoms. The summed E-state index contributed by atoms with van der Waals surface area (Å²) in [6, 6.07) is 13.8. The summed E-state index contributed by atoms with van der Waals surface area (Å²) in [5.41, 5.74) is 8.67. The van der Waals surface area contributed by atoms with E-state index in [0.29, 0.717) is 11.6 Å². The zero-order valence-electron chi connectivity index (χ0n) is 9.99. The summed E-state index contributed by atoms with van der Waals surface area (Å²) < 4.78 is 6.70. The quantitative estimate of drug-likeness (QED) is 0.717. The molecule has 0 aliphatic rings. The maximum atomic E-state index is 6.13. The second-order valence-corrected chi connectivity index (χ2v) is 5.53. The molecule has 0 amide bonds. The molecular weight excluding hydrogens is 326 g/mol. The first kappa shape index (κ1) is 12.7. The minimum absolute atomic E-state index is 0.350. The van der Waals surface area contributed by atoms with Gasteiger partial charge in [-0.05, 0) is 33.6 Å². The standard InChI is InChI=1S/C15H11BrClNO/c16-12-7-10(17)6-11-14(9-4-2-1-3-5-9)13(8-18)19-15(11)12/h1-7H,8,18H2. The number of benzene rings is 2. The van der Waals surface area contributed by atoms with Gasteiger partial charge in [0.1, 0.15) is 11.3 Å². The van der Waals surface area contributed by atoms with E-state index in [1.54, 1.807) is 0 Å². The summed E-state index contributed by atoms with van der Waals surface area (Å²) in [7, 11) is 0. The summed E-state index contributed by atoms with van der Waals surface area (Å²) in [5, 5.41) is 1.65. The van der Waals surface area contributed by atoms with Gasteiger partial charge in [-0.3, -0.25) is 0 Å². The van der Waals surface area contributed by atoms with E-state index >= 15 is 0 Å². The average Bonchev–Trinajstić information content (AvgIpc) is 2.78. The Morgan fingerprint density at radius 2 is 1.89 bits per heavy atom. The van der Waals surface area contributed by atoms with Crippen LogP contribution in [0.4, 0.5) is 0 Å². The van der Waals surface area contributed by atoms with E-state index in [1.807, 2.05) is 42.5 Å². The molecule has 0 saturated carbocycles. The van der Waals surface area contributed by atoms with Crippen molar-refractivity contribution in [2.24, 2.45) is 5.73 Å². The minimum atomic E-state index is 0.350. The molecule has 3 aromatic rings. The predicted molar refractivity (Wildman–Crippen MR) is 82.3 cm³/mol. The van der Waals surface area contributed by atoms with Crippen LogP contribution in [0.1, 0.15) is 5.76 Å². The van der Waals surface area contributed by atoms with Crippen molar-refractivity contribution >= 4 is 38.5 Å². The fraction of sp³-hybridized carbons (Fsp3) is 0.0667. The number of hydrogen-bond acceptors (Lipinski definition) is 2. The second kappa shape index (κ2) is 5.00. The van der Waals surface area contributed by atoms with Crippen LogP contribution in [0.5, 0.6) is 0 Å². The molecule has 0 unspecified atom stereocenters. The van der Waals surface area contributed by atoms with Crippen LogP contribution in [0.15, 0.2) is 51.4 Å². The van der Waals surface area contributed by atoms with E-state index in [-0.39, 0.29) is 0 Å². The van der Waals surface area contributed by atoms with Gasteiger partial charge in [0.2, 0.25) is 0 Å². The first-order chi connectivity index (χ1) is 9.20. The van der Waals surface area contributed by atoms with Crippen molar-refractivity contribution in [3.8, 4) is 11.1 Å². The van der Waals surface area contributed by atoms with Gasteiger partial charge in [0, 0.05) is 16.0 Å². The smallest absolute Gasteiger partial charge is 0.149 e. The van der Waals surface area contributed by atoms with Crippen LogP contribution < -0.4 is 5.73 Å². The molecule has 0 atom stereocenters. The highest BCUT2D eigenvalue weighted by Gasteiger charge is 2.17. The molecule has 0 saturated heterocycles. The fourth-order valence-corrected chi connectivity index (χ4v) is 3.13. The molecule has 19 heavy (non-hydrogen) atoms. The summed E-state index contributed by atoms with van der Waals surface area (Å²) in [6.45, 7) is 0.350. The van der Waals surface area contributed by atoms with Gasteiger partial charge in [0.15, 0.2) is 0 Å². The maximum absolute atomic E-state index is 6.13. The van der Waals surface area contributed by atoms with Crippen LogP contribution in [-0.2, 0) is 6.54 Å². The number of fused-ring (bicyclic) bond motifs is 1. The van der Waals surface area contributed by atoms with Crippen molar-refractivity contribution in [3.05, 3.63) is 57.7 Å². The van der Waals surface area contributed by atoms with E-state index in [9.17, 15) is 0 Å². The Bertz CT molecular complexity index is 737. The summed E-state index contributed by atoms with van der Waals surface area (Å²) in [5.74, 6) is 0.768. The lowest BCUT2D eigenvalue weighted by Crippen LogP contribution is -1.95. The van der Waals surface area contributed by atoms with Crippen molar-refractivity contribution in [1.82, 2.24) is 0 Å². The molecule has 3 rings (SSSR count). The maximum Gasteiger partial charge on any atom is 0.149 e. The third kappa shape index (κ3) is 2.18. The monoisotopic (exact) mass is 335 g/mol. The van der Waals surface area contributed by atoms with Gasteiger partial charge in [-0.15, -0.1) is 0 Å². The lowest BCUT2D eigenvalue weighted by molar-refractivity contribution is 0.552. The van der Waals surface area contributed by atoms with E-state index < -0.39 is 0 Å². The van der Waals surface area contributed by atoms with E-state index in [4.69, 9.17) is 21.8 Å². The van der Waals surface area contributed by atoms with Gasteiger partial charge < -0.3 is 10.2 Å². The topological polar surface area (TPSA) is 39.2 Å². The molecule has 0 spiro atoms. The second-order valence-electron chi connectivity index (χ2n) is 4.23. The largest absolute Gasteiger partial charge is 0.458 e. The normalized spacial score (nSPS) is 11.1. The minimum Gasteiger partial charge on any atom is -0.458 e. The first-order valence-electron chi connectivity index (χ1n) is 5.86. The molecule has 0 aliphatic heterocycles. The Kier molecular flexibility index (Phi) is 3.35. The zero-order valence-corrected chi connectivity index (χ0v) is 12.3. The number of rotatable bonds is 2. The molecule has 2 N–H and O–H groups in total. The number of halogens is 2. The summed E-state index contributed by atoms with van der Waals surface area (Å²) in [6.07, 6.45) is 0. The molecular formula is C15H11BrClNO. The Morgan fingerprint density at radius 3 is 2.58 bits per heavy atom. The van der Waals surface area contributed by atoms with E-state index in [0.717, 1.165) is 32.3 Å². The molecule has 1 aromatic heterocycles. The van der Waals surface area contributed by atoms with Crippen molar-refractivity contribution in [2.45, 2.75) is 6.54 Å². The Hall–Kier alpha value is -1.29. The van der Waals surface area contributed by atoms with Crippen LogP contribution in [0, 0.1) is 0 Å². The fourth-order valence-electron chi connectivity index (χ4n) is 2.24. The van der Waals surface area contributed by atoms with Gasteiger partial charge in [-0.1, -0.05) is 41.9 Å². The molecule has 0 fully saturated rings. The number of furan rings is 1. The van der Waals surface area contributed by atoms with Gasteiger partial charge in [0.25, 0.3) is 0 Å². The number of nitrogens with two attached hydrogens (primary N) is 1. The molecule has 0 radical (unpaired) electrons. The Labute approximate surface area is 124 Å². The van der Waals surface area contributed by atoms with Crippen molar-refractivity contribution in [2.75, 3.05) is 0 Å². The van der Waals surface area contributed by atoms with Crippen molar-refractivity contribution in [3.63, 3.8) is 0 Å². The van der Waals surface area contributed by atoms with Gasteiger partial charge in [-0.25, -0.2) is 0 Å². The molecule has 96 valence electrons. The Balaban J connectivity index is 2.39. The average molecular weight is 337 g/mol. The van der Waals surface area contributed by atoms with Crippen LogP contribution in [0.2, 0.25) is 5.02 Å². The van der Waals surface area contributed by atoms with Gasteiger partial charge in [-0.2, -0.15) is 0 Å². The third-order valence-corrected chi connectivity index (χ3v) is 3.84. The van der Waals surface area contributed by atoms with Crippen LogP contribution in [0.25, 0.3) is 22.1 Å². The van der Waals surface area contributed by atoms with Crippen molar-refractivity contribution in [1.29, 1.82) is 0 Å². The highest BCUT2D eigenvalue weighted by Crippen LogP contribution is 2.39. The molecule has 1 heterocycles. The lowest BCUT2D eigenvalue weighted by Gasteiger charge is -2.01. The number of hydrogen-bond donors (Lipinski definition) is 1. The third-order valence-electron chi connectivity index (χ3n) is 3.03. The van der Waals surface area contributed by atoms with Crippen LogP contribution in [0.3, 0.4) is 0 Å². The van der Waals surface area contributed by atoms with Crippen LogP contribution >= 0.6 is 27.5 Å². The molecule has 4 heteroatoms. The highest BCUT2D eigenvalue weighted by atomic mass is 79.9. The zero-order chi connectivity index (χ0) is 13.4.